The summed E-state index contributed by atoms with van der Waals surface area (Å²) in [5, 5.41) is 3.67. The lowest BCUT2D eigenvalue weighted by molar-refractivity contribution is 0.479. The number of hydrogen-bond acceptors (Lipinski definition) is 2. The fourth-order valence-electron chi connectivity index (χ4n) is 2.71. The van der Waals surface area contributed by atoms with E-state index in [1.807, 2.05) is 6.20 Å². The van der Waals surface area contributed by atoms with Gasteiger partial charge in [-0.1, -0.05) is 37.3 Å². The highest BCUT2D eigenvalue weighted by Crippen LogP contribution is 2.19. The summed E-state index contributed by atoms with van der Waals surface area (Å²) in [4.78, 5) is 4.46. The Morgan fingerprint density at radius 3 is 2.71 bits per heavy atom. The SMILES string of the molecule is CCCNC(CCCc1nccn1CC)c1ccccc1. The Labute approximate surface area is 128 Å². The van der Waals surface area contributed by atoms with Gasteiger partial charge < -0.3 is 9.88 Å². The molecule has 0 bridgehead atoms. The first-order chi connectivity index (χ1) is 10.3. The van der Waals surface area contributed by atoms with E-state index < -0.39 is 0 Å². The third kappa shape index (κ3) is 4.71. The number of benzene rings is 1. The molecule has 0 aliphatic rings. The number of aryl methyl sites for hydroxylation is 2. The quantitative estimate of drug-likeness (QED) is 0.755. The number of nitrogens with zero attached hydrogens (tertiary/aromatic N) is 2. The lowest BCUT2D eigenvalue weighted by Crippen LogP contribution is -2.22. The van der Waals surface area contributed by atoms with E-state index in [2.05, 4.69) is 65.2 Å². The van der Waals surface area contributed by atoms with Crippen molar-refractivity contribution in [3.8, 4) is 0 Å². The second-order valence-corrected chi connectivity index (χ2v) is 5.44. The van der Waals surface area contributed by atoms with Crippen LogP contribution in [0.15, 0.2) is 42.7 Å². The molecule has 1 aromatic heterocycles. The number of imidazole rings is 1. The average molecular weight is 285 g/mol. The molecule has 21 heavy (non-hydrogen) atoms. The van der Waals surface area contributed by atoms with Gasteiger partial charge in [0.1, 0.15) is 5.82 Å². The number of hydrogen-bond donors (Lipinski definition) is 1. The maximum absolute atomic E-state index is 4.46. The molecule has 0 aliphatic heterocycles. The van der Waals surface area contributed by atoms with E-state index in [1.54, 1.807) is 0 Å². The second-order valence-electron chi connectivity index (χ2n) is 5.44. The molecule has 1 N–H and O–H groups in total. The van der Waals surface area contributed by atoms with Crippen molar-refractivity contribution in [1.29, 1.82) is 0 Å². The van der Waals surface area contributed by atoms with E-state index in [1.165, 1.54) is 17.8 Å². The molecule has 3 heteroatoms. The third-order valence-corrected chi connectivity index (χ3v) is 3.88. The van der Waals surface area contributed by atoms with E-state index >= 15 is 0 Å². The number of aromatic nitrogens is 2. The molecule has 2 rings (SSSR count). The zero-order chi connectivity index (χ0) is 14.9. The summed E-state index contributed by atoms with van der Waals surface area (Å²) in [5.41, 5.74) is 1.39. The van der Waals surface area contributed by atoms with Crippen LogP contribution in [0.4, 0.5) is 0 Å². The van der Waals surface area contributed by atoms with Crippen LogP contribution in [0.3, 0.4) is 0 Å². The topological polar surface area (TPSA) is 29.9 Å². The highest BCUT2D eigenvalue weighted by atomic mass is 15.0. The van der Waals surface area contributed by atoms with Crippen molar-refractivity contribution in [3.63, 3.8) is 0 Å². The monoisotopic (exact) mass is 285 g/mol. The fraction of sp³-hybridized carbons (Fsp3) is 0.500. The van der Waals surface area contributed by atoms with Gasteiger partial charge in [0.25, 0.3) is 0 Å². The van der Waals surface area contributed by atoms with Crippen molar-refractivity contribution in [3.05, 3.63) is 54.1 Å². The van der Waals surface area contributed by atoms with Gasteiger partial charge in [-0.25, -0.2) is 4.98 Å². The summed E-state index contributed by atoms with van der Waals surface area (Å²) >= 11 is 0. The average Bonchev–Trinajstić information content (AvgIpc) is 2.99. The van der Waals surface area contributed by atoms with Gasteiger partial charge in [0, 0.05) is 31.4 Å². The van der Waals surface area contributed by atoms with Crippen LogP contribution >= 0.6 is 0 Å². The van der Waals surface area contributed by atoms with Crippen molar-refractivity contribution in [2.24, 2.45) is 0 Å². The molecule has 1 atom stereocenters. The summed E-state index contributed by atoms with van der Waals surface area (Å²) in [5.74, 6) is 1.21. The Hall–Kier alpha value is -1.61. The molecule has 1 aromatic carbocycles. The van der Waals surface area contributed by atoms with Gasteiger partial charge in [-0.3, -0.25) is 0 Å². The molecule has 0 aliphatic carbocycles. The predicted molar refractivity (Wildman–Crippen MR) is 88.3 cm³/mol. The second kappa shape index (κ2) is 8.63. The van der Waals surface area contributed by atoms with Crippen LogP contribution in [0, 0.1) is 0 Å². The van der Waals surface area contributed by atoms with Crippen molar-refractivity contribution in [2.75, 3.05) is 6.54 Å². The molecule has 1 unspecified atom stereocenters. The van der Waals surface area contributed by atoms with Crippen LogP contribution in [0.1, 0.15) is 50.5 Å². The first kappa shape index (κ1) is 15.8. The zero-order valence-electron chi connectivity index (χ0n) is 13.3. The Morgan fingerprint density at radius 2 is 2.00 bits per heavy atom. The molecule has 0 spiro atoms. The lowest BCUT2D eigenvalue weighted by atomic mass is 10.0. The van der Waals surface area contributed by atoms with E-state index in [9.17, 15) is 0 Å². The first-order valence-electron chi connectivity index (χ1n) is 8.13. The van der Waals surface area contributed by atoms with Gasteiger partial charge in [0.2, 0.25) is 0 Å². The van der Waals surface area contributed by atoms with Crippen molar-refractivity contribution < 1.29 is 0 Å². The van der Waals surface area contributed by atoms with Crippen LogP contribution in [0.5, 0.6) is 0 Å². The minimum Gasteiger partial charge on any atom is -0.335 e. The minimum absolute atomic E-state index is 0.455. The zero-order valence-corrected chi connectivity index (χ0v) is 13.3. The summed E-state index contributed by atoms with van der Waals surface area (Å²) in [6.07, 6.45) is 8.51. The summed E-state index contributed by atoms with van der Waals surface area (Å²) in [6, 6.07) is 11.2. The van der Waals surface area contributed by atoms with Crippen molar-refractivity contribution in [2.45, 2.75) is 52.1 Å². The molecule has 0 fully saturated rings. The van der Waals surface area contributed by atoms with Crippen molar-refractivity contribution >= 4 is 0 Å². The Bertz CT molecular complexity index is 504. The molecule has 3 nitrogen and oxygen atoms in total. The minimum atomic E-state index is 0.455. The van der Waals surface area contributed by atoms with Crippen LogP contribution in [-0.2, 0) is 13.0 Å². The molecule has 0 radical (unpaired) electrons. The van der Waals surface area contributed by atoms with E-state index in [0.29, 0.717) is 6.04 Å². The first-order valence-corrected chi connectivity index (χ1v) is 8.13. The smallest absolute Gasteiger partial charge is 0.108 e. The third-order valence-electron chi connectivity index (χ3n) is 3.88. The van der Waals surface area contributed by atoms with E-state index in [0.717, 1.165) is 32.4 Å². The fourth-order valence-corrected chi connectivity index (χ4v) is 2.71. The predicted octanol–water partition coefficient (Wildman–Crippen LogP) is 3.97. The van der Waals surface area contributed by atoms with Gasteiger partial charge in [0.15, 0.2) is 0 Å². The molecule has 114 valence electrons. The van der Waals surface area contributed by atoms with Gasteiger partial charge in [0.05, 0.1) is 0 Å². The maximum Gasteiger partial charge on any atom is 0.108 e. The van der Waals surface area contributed by atoms with E-state index in [-0.39, 0.29) is 0 Å². The standard InChI is InChI=1S/C18H27N3/c1-3-13-19-17(16-9-6-5-7-10-16)11-8-12-18-20-14-15-21(18)4-2/h5-7,9-10,14-15,17,19H,3-4,8,11-13H2,1-2H3. The molecule has 0 saturated carbocycles. The number of rotatable bonds is 9. The van der Waals surface area contributed by atoms with Gasteiger partial charge >= 0.3 is 0 Å². The Kier molecular flexibility index (Phi) is 6.48. The van der Waals surface area contributed by atoms with Gasteiger partial charge in [-0.05, 0) is 38.3 Å². The summed E-state index contributed by atoms with van der Waals surface area (Å²) in [7, 11) is 0. The molecule has 2 aromatic rings. The molecular weight excluding hydrogens is 258 g/mol. The normalized spacial score (nSPS) is 12.5. The maximum atomic E-state index is 4.46. The van der Waals surface area contributed by atoms with Crippen molar-refractivity contribution in [1.82, 2.24) is 14.9 Å². The van der Waals surface area contributed by atoms with Crippen LogP contribution in [0.2, 0.25) is 0 Å². The highest BCUT2D eigenvalue weighted by molar-refractivity contribution is 5.18. The van der Waals surface area contributed by atoms with Crippen LogP contribution < -0.4 is 5.32 Å². The van der Waals surface area contributed by atoms with Crippen LogP contribution in [-0.4, -0.2) is 16.1 Å². The van der Waals surface area contributed by atoms with Gasteiger partial charge in [-0.15, -0.1) is 0 Å². The number of nitrogens with one attached hydrogen (secondary N) is 1. The van der Waals surface area contributed by atoms with Gasteiger partial charge in [-0.2, -0.15) is 0 Å². The summed E-state index contributed by atoms with van der Waals surface area (Å²) in [6.45, 7) is 6.46. The summed E-state index contributed by atoms with van der Waals surface area (Å²) < 4.78 is 2.23. The Balaban J connectivity index is 1.90. The molecule has 0 amide bonds. The van der Waals surface area contributed by atoms with E-state index in [4.69, 9.17) is 0 Å². The molecular formula is C18H27N3. The lowest BCUT2D eigenvalue weighted by Gasteiger charge is -2.19. The highest BCUT2D eigenvalue weighted by Gasteiger charge is 2.10. The molecule has 0 saturated heterocycles. The Morgan fingerprint density at radius 1 is 1.19 bits per heavy atom. The van der Waals surface area contributed by atoms with Crippen LogP contribution in [0.25, 0.3) is 0 Å². The largest absolute Gasteiger partial charge is 0.335 e. The molecule has 1 heterocycles.